The first-order valence-electron chi connectivity index (χ1n) is 8.86. The lowest BCUT2D eigenvalue weighted by Crippen LogP contribution is -2.17. The molecule has 0 amide bonds. The average Bonchev–Trinajstić information content (AvgIpc) is 3.17. The van der Waals surface area contributed by atoms with Gasteiger partial charge in [-0.15, -0.1) is 10.2 Å². The topological polar surface area (TPSA) is 97.7 Å². The van der Waals surface area contributed by atoms with Gasteiger partial charge in [-0.05, 0) is 50.5 Å². The Morgan fingerprint density at radius 3 is 2.34 bits per heavy atom. The molecule has 3 rings (SSSR count). The quantitative estimate of drug-likeness (QED) is 0.639. The molecule has 8 heteroatoms. The van der Waals surface area contributed by atoms with Gasteiger partial charge in [-0.3, -0.25) is 0 Å². The van der Waals surface area contributed by atoms with Crippen LogP contribution in [0, 0.1) is 20.4 Å². The Kier molecular flexibility index (Phi) is 7.95. The Balaban J connectivity index is 0.000000941. The van der Waals surface area contributed by atoms with E-state index in [-0.39, 0.29) is 5.92 Å². The van der Waals surface area contributed by atoms with Crippen LogP contribution in [0.1, 0.15) is 35.4 Å². The fourth-order valence-corrected chi connectivity index (χ4v) is 2.89. The van der Waals surface area contributed by atoms with E-state index < -0.39 is 17.7 Å². The molecular weight excluding hydrogens is 390 g/mol. The molecule has 2 atom stereocenters. The zero-order valence-electron chi connectivity index (χ0n) is 16.3. The van der Waals surface area contributed by atoms with Crippen molar-refractivity contribution in [1.82, 2.24) is 10.2 Å². The van der Waals surface area contributed by atoms with E-state index in [4.69, 9.17) is 19.4 Å². The van der Waals surface area contributed by atoms with Crippen LogP contribution in [0.5, 0.6) is 0 Å². The van der Waals surface area contributed by atoms with Crippen molar-refractivity contribution in [3.05, 3.63) is 76.5 Å². The molecular formula is C21H21N3O4S. The predicted molar refractivity (Wildman–Crippen MR) is 109 cm³/mol. The zero-order valence-corrected chi connectivity index (χ0v) is 17.1. The average molecular weight is 411 g/mol. The highest BCUT2D eigenvalue weighted by Gasteiger charge is 2.24. The van der Waals surface area contributed by atoms with Gasteiger partial charge in [0.1, 0.15) is 0 Å². The Bertz CT molecular complexity index is 1030. The summed E-state index contributed by atoms with van der Waals surface area (Å²) in [6.45, 7) is 12.8. The van der Waals surface area contributed by atoms with Crippen LogP contribution in [0.25, 0.3) is 16.3 Å². The third-order valence-electron chi connectivity index (χ3n) is 4.48. The van der Waals surface area contributed by atoms with Gasteiger partial charge in [0.2, 0.25) is 11.8 Å². The molecule has 0 saturated heterocycles. The molecule has 7 nitrogen and oxygen atoms in total. The SMILES string of the molecule is O=S=O.[C-]#[N+]c1ccc(C[C@@H](c2nnc(-c3ccc(C)cc3)o2)[C@@H](C)O)cc1C. The van der Waals surface area contributed by atoms with Crippen LogP contribution in [0.2, 0.25) is 0 Å². The number of aliphatic hydroxyl groups excluding tert-OH is 1. The third kappa shape index (κ3) is 5.91. The number of nitrogens with zero attached hydrogens (tertiary/aromatic N) is 3. The second-order valence-electron chi connectivity index (χ2n) is 6.66. The first-order chi connectivity index (χ1) is 13.9. The van der Waals surface area contributed by atoms with E-state index in [1.54, 1.807) is 6.92 Å². The summed E-state index contributed by atoms with van der Waals surface area (Å²) >= 11 is -0.750. The Labute approximate surface area is 172 Å². The molecule has 2 aromatic carbocycles. The summed E-state index contributed by atoms with van der Waals surface area (Å²) in [4.78, 5) is 3.49. The number of rotatable bonds is 5. The van der Waals surface area contributed by atoms with Gasteiger partial charge in [-0.1, -0.05) is 35.9 Å². The number of aliphatic hydroxyl groups is 1. The molecule has 1 heterocycles. The van der Waals surface area contributed by atoms with Crippen LogP contribution < -0.4 is 0 Å². The van der Waals surface area contributed by atoms with Crippen molar-refractivity contribution in [2.24, 2.45) is 0 Å². The van der Waals surface area contributed by atoms with E-state index in [0.29, 0.717) is 23.9 Å². The second-order valence-corrected chi connectivity index (χ2v) is 6.80. The lowest BCUT2D eigenvalue weighted by molar-refractivity contribution is 0.148. The van der Waals surface area contributed by atoms with E-state index in [1.165, 1.54) is 0 Å². The summed E-state index contributed by atoms with van der Waals surface area (Å²) in [5, 5.41) is 18.5. The third-order valence-corrected chi connectivity index (χ3v) is 4.48. The second kappa shape index (κ2) is 10.4. The smallest absolute Gasteiger partial charge is 0.335 e. The van der Waals surface area contributed by atoms with Crippen molar-refractivity contribution < 1.29 is 17.9 Å². The van der Waals surface area contributed by atoms with Crippen LogP contribution in [0.3, 0.4) is 0 Å². The van der Waals surface area contributed by atoms with Crippen LogP contribution in [-0.4, -0.2) is 29.8 Å². The minimum atomic E-state index is -0.750. The van der Waals surface area contributed by atoms with E-state index in [0.717, 1.165) is 22.3 Å². The lowest BCUT2D eigenvalue weighted by atomic mass is 9.93. The van der Waals surface area contributed by atoms with Crippen molar-refractivity contribution in [2.75, 3.05) is 0 Å². The van der Waals surface area contributed by atoms with Crippen LogP contribution in [-0.2, 0) is 18.0 Å². The number of aromatic nitrogens is 2. The van der Waals surface area contributed by atoms with E-state index in [9.17, 15) is 5.11 Å². The monoisotopic (exact) mass is 411 g/mol. The van der Waals surface area contributed by atoms with Crippen LogP contribution in [0.15, 0.2) is 46.9 Å². The summed E-state index contributed by atoms with van der Waals surface area (Å²) in [5.74, 6) is 0.563. The van der Waals surface area contributed by atoms with Gasteiger partial charge in [0.05, 0.1) is 18.6 Å². The number of aryl methyl sites for hydroxylation is 2. The molecule has 0 radical (unpaired) electrons. The molecule has 0 saturated carbocycles. The Morgan fingerprint density at radius 1 is 1.14 bits per heavy atom. The number of hydrogen-bond donors (Lipinski definition) is 1. The van der Waals surface area contributed by atoms with Gasteiger partial charge < -0.3 is 9.52 Å². The lowest BCUT2D eigenvalue weighted by Gasteiger charge is -2.16. The van der Waals surface area contributed by atoms with Crippen LogP contribution >= 0.6 is 0 Å². The van der Waals surface area contributed by atoms with Crippen molar-refractivity contribution >= 4 is 17.3 Å². The van der Waals surface area contributed by atoms with Gasteiger partial charge in [-0.2, -0.15) is 8.42 Å². The highest BCUT2D eigenvalue weighted by atomic mass is 32.1. The summed E-state index contributed by atoms with van der Waals surface area (Å²) < 4.78 is 22.4. The van der Waals surface area contributed by atoms with E-state index in [2.05, 4.69) is 15.0 Å². The fraction of sp³-hybridized carbons (Fsp3) is 0.286. The fourth-order valence-electron chi connectivity index (χ4n) is 2.89. The first-order valence-corrected chi connectivity index (χ1v) is 9.53. The van der Waals surface area contributed by atoms with Gasteiger partial charge in [0.25, 0.3) is 0 Å². The minimum absolute atomic E-state index is 0.306. The van der Waals surface area contributed by atoms with Crippen molar-refractivity contribution in [3.63, 3.8) is 0 Å². The molecule has 29 heavy (non-hydrogen) atoms. The highest BCUT2D eigenvalue weighted by Crippen LogP contribution is 2.29. The summed E-state index contributed by atoms with van der Waals surface area (Å²) in [6.07, 6.45) is -0.0751. The summed E-state index contributed by atoms with van der Waals surface area (Å²) in [7, 11) is 0. The zero-order chi connectivity index (χ0) is 21.4. The van der Waals surface area contributed by atoms with Gasteiger partial charge >= 0.3 is 11.6 Å². The first kappa shape index (κ1) is 22.1. The number of hydrogen-bond acceptors (Lipinski definition) is 6. The van der Waals surface area contributed by atoms with Gasteiger partial charge in [0.15, 0.2) is 5.69 Å². The largest absolute Gasteiger partial charge is 0.420 e. The summed E-state index contributed by atoms with van der Waals surface area (Å²) in [5.41, 5.74) is 4.61. The minimum Gasteiger partial charge on any atom is -0.420 e. The molecule has 0 aliphatic carbocycles. The molecule has 1 aromatic heterocycles. The molecule has 3 aromatic rings. The Hall–Kier alpha value is -3.15. The highest BCUT2D eigenvalue weighted by molar-refractivity contribution is 7.51. The molecule has 0 unspecified atom stereocenters. The van der Waals surface area contributed by atoms with Gasteiger partial charge in [-0.25, -0.2) is 4.85 Å². The molecule has 0 aliphatic rings. The van der Waals surface area contributed by atoms with Gasteiger partial charge in [0, 0.05) is 5.56 Å². The molecule has 0 bridgehead atoms. The molecule has 0 aliphatic heterocycles. The van der Waals surface area contributed by atoms with Crippen molar-refractivity contribution in [1.29, 1.82) is 0 Å². The normalized spacial score (nSPS) is 12.2. The van der Waals surface area contributed by atoms with E-state index in [1.807, 2.05) is 56.3 Å². The maximum absolute atomic E-state index is 10.2. The van der Waals surface area contributed by atoms with E-state index >= 15 is 0 Å². The maximum Gasteiger partial charge on any atom is 0.335 e. The molecule has 150 valence electrons. The molecule has 1 N–H and O–H groups in total. The Morgan fingerprint density at radius 2 is 1.79 bits per heavy atom. The standard InChI is InChI=1S/C21H21N3O2.O2S/c1-13-5-8-17(9-6-13)20-23-24-21(26-20)18(15(3)25)12-16-7-10-19(22-4)14(2)11-16;1-3-2/h5-11,15,18,25H,12H2,1-3H3;/t15-,18-;/m1./s1. The summed E-state index contributed by atoms with van der Waals surface area (Å²) in [6, 6.07) is 13.6. The van der Waals surface area contributed by atoms with Crippen molar-refractivity contribution in [3.8, 4) is 11.5 Å². The maximum atomic E-state index is 10.2. The van der Waals surface area contributed by atoms with Crippen molar-refractivity contribution in [2.45, 2.75) is 39.2 Å². The molecule has 0 spiro atoms. The predicted octanol–water partition coefficient (Wildman–Crippen LogP) is 3.94. The number of benzene rings is 2. The van der Waals surface area contributed by atoms with Crippen LogP contribution in [0.4, 0.5) is 5.69 Å². The molecule has 0 fully saturated rings.